The Bertz CT molecular complexity index is 1090. The molecule has 0 aliphatic carbocycles. The number of likely N-dealkylation sites (N-methyl/N-ethyl adjacent to an activating group) is 1. The lowest BCUT2D eigenvalue weighted by Crippen LogP contribution is -2.42. The Morgan fingerprint density at radius 2 is 1.45 bits per heavy atom. The number of nitrogens with zero attached hydrogens (tertiary/aromatic N) is 2. The molecule has 0 spiro atoms. The van der Waals surface area contributed by atoms with Crippen LogP contribution in [0.15, 0.2) is 89.8 Å². The molecule has 0 saturated carbocycles. The van der Waals surface area contributed by atoms with Gasteiger partial charge in [0.05, 0.1) is 10.6 Å². The third kappa shape index (κ3) is 5.99. The van der Waals surface area contributed by atoms with Gasteiger partial charge in [-0.1, -0.05) is 48.0 Å². The molecule has 6 nitrogen and oxygen atoms in total. The highest BCUT2D eigenvalue weighted by Gasteiger charge is 2.27. The molecule has 8 heteroatoms. The van der Waals surface area contributed by atoms with Gasteiger partial charge in [0, 0.05) is 30.8 Å². The van der Waals surface area contributed by atoms with Crippen LogP contribution in [0.3, 0.4) is 0 Å². The summed E-state index contributed by atoms with van der Waals surface area (Å²) in [4.78, 5) is 14.8. The number of carbonyl (C=O) groups excluding carboxylic acids is 1. The number of anilines is 2. The minimum atomic E-state index is -3.93. The summed E-state index contributed by atoms with van der Waals surface area (Å²) < 4.78 is 27.5. The smallest absolute Gasteiger partial charge is 0.264 e. The number of hydrogen-bond donors (Lipinski definition) is 1. The van der Waals surface area contributed by atoms with E-state index in [1.807, 2.05) is 42.3 Å². The number of halogens is 1. The molecule has 3 aromatic carbocycles. The van der Waals surface area contributed by atoms with Crippen molar-refractivity contribution >= 4 is 38.9 Å². The van der Waals surface area contributed by atoms with Crippen molar-refractivity contribution in [1.29, 1.82) is 0 Å². The summed E-state index contributed by atoms with van der Waals surface area (Å²) in [7, 11) is -2.00. The number of sulfonamides is 1. The lowest BCUT2D eigenvalue weighted by Gasteiger charge is -2.24. The fourth-order valence-corrected chi connectivity index (χ4v) is 4.57. The van der Waals surface area contributed by atoms with Gasteiger partial charge < -0.3 is 10.2 Å². The molecule has 0 radical (unpaired) electrons. The van der Waals surface area contributed by atoms with Gasteiger partial charge in [0.25, 0.3) is 10.0 Å². The van der Waals surface area contributed by atoms with E-state index in [0.29, 0.717) is 23.8 Å². The minimum absolute atomic E-state index is 0.113. The van der Waals surface area contributed by atoms with E-state index >= 15 is 0 Å². The summed E-state index contributed by atoms with van der Waals surface area (Å²) in [6.07, 6.45) is 0. The van der Waals surface area contributed by atoms with Crippen LogP contribution in [0.2, 0.25) is 5.02 Å². The Hall–Kier alpha value is -3.03. The predicted molar refractivity (Wildman–Crippen MR) is 125 cm³/mol. The fraction of sp³-hybridized carbons (Fsp3) is 0.174. The highest BCUT2D eigenvalue weighted by Crippen LogP contribution is 2.25. The van der Waals surface area contributed by atoms with Crippen molar-refractivity contribution in [2.24, 2.45) is 0 Å². The minimum Gasteiger partial charge on any atom is -0.373 e. The molecule has 0 heterocycles. The molecule has 3 rings (SSSR count). The molecule has 0 bridgehead atoms. The molecular weight excluding hydrogens is 434 g/mol. The second-order valence-corrected chi connectivity index (χ2v) is 9.21. The maximum Gasteiger partial charge on any atom is 0.264 e. The molecule has 1 amide bonds. The third-order valence-corrected chi connectivity index (χ3v) is 6.74. The Morgan fingerprint density at radius 1 is 0.871 bits per heavy atom. The van der Waals surface area contributed by atoms with Crippen molar-refractivity contribution in [2.45, 2.75) is 4.90 Å². The second-order valence-electron chi connectivity index (χ2n) is 6.91. The average molecular weight is 458 g/mol. The molecule has 0 aliphatic rings. The summed E-state index contributed by atoms with van der Waals surface area (Å²) in [5.74, 6) is -0.393. The number of nitrogens with one attached hydrogen (secondary N) is 1. The highest BCUT2D eigenvalue weighted by molar-refractivity contribution is 7.92. The summed E-state index contributed by atoms with van der Waals surface area (Å²) >= 11 is 5.95. The highest BCUT2D eigenvalue weighted by atomic mass is 35.5. The van der Waals surface area contributed by atoms with Crippen molar-refractivity contribution in [2.75, 3.05) is 35.9 Å². The van der Waals surface area contributed by atoms with Crippen LogP contribution in [0, 0.1) is 0 Å². The van der Waals surface area contributed by atoms with Crippen LogP contribution in [-0.4, -0.2) is 41.0 Å². The Morgan fingerprint density at radius 3 is 2.06 bits per heavy atom. The van der Waals surface area contributed by atoms with Gasteiger partial charge >= 0.3 is 0 Å². The third-order valence-electron chi connectivity index (χ3n) is 4.70. The van der Waals surface area contributed by atoms with Crippen LogP contribution in [0.5, 0.6) is 0 Å². The summed E-state index contributed by atoms with van der Waals surface area (Å²) in [5, 5.41) is 3.29. The van der Waals surface area contributed by atoms with Gasteiger partial charge in [-0.15, -0.1) is 0 Å². The monoisotopic (exact) mass is 457 g/mol. The number of hydrogen-bond acceptors (Lipinski definition) is 4. The van der Waals surface area contributed by atoms with Crippen LogP contribution < -0.4 is 14.5 Å². The zero-order valence-corrected chi connectivity index (χ0v) is 18.7. The van der Waals surface area contributed by atoms with Gasteiger partial charge in [-0.25, -0.2) is 8.42 Å². The molecule has 0 aromatic heterocycles. The number of carbonyl (C=O) groups is 1. The zero-order valence-electron chi connectivity index (χ0n) is 17.1. The van der Waals surface area contributed by atoms with Crippen molar-refractivity contribution < 1.29 is 13.2 Å². The van der Waals surface area contributed by atoms with E-state index in [2.05, 4.69) is 5.32 Å². The molecule has 162 valence electrons. The van der Waals surface area contributed by atoms with Crippen LogP contribution >= 0.6 is 11.6 Å². The molecule has 0 aliphatic heterocycles. The van der Waals surface area contributed by atoms with E-state index < -0.39 is 15.9 Å². The molecule has 0 unspecified atom stereocenters. The van der Waals surface area contributed by atoms with Crippen LogP contribution in [-0.2, 0) is 14.8 Å². The predicted octanol–water partition coefficient (Wildman–Crippen LogP) is 3.79. The fourth-order valence-electron chi connectivity index (χ4n) is 3.00. The SMILES string of the molecule is CN(CCNC(=O)CN(c1ccc(Cl)cc1)S(=O)(=O)c1ccccc1)c1ccccc1. The van der Waals surface area contributed by atoms with Gasteiger partial charge in [-0.3, -0.25) is 9.10 Å². The number of benzene rings is 3. The quantitative estimate of drug-likeness (QED) is 0.530. The van der Waals surface area contributed by atoms with E-state index in [9.17, 15) is 13.2 Å². The first kappa shape index (κ1) is 22.7. The molecule has 0 fully saturated rings. The van der Waals surface area contributed by atoms with Gasteiger partial charge in [-0.2, -0.15) is 0 Å². The first-order valence-electron chi connectivity index (χ1n) is 9.74. The standard InChI is InChI=1S/C23H24ClN3O3S/c1-26(20-8-4-2-5-9-20)17-16-25-23(28)18-27(21-14-12-19(24)13-15-21)31(29,30)22-10-6-3-7-11-22/h2-15H,16-18H2,1H3,(H,25,28). The first-order chi connectivity index (χ1) is 14.9. The number of para-hydroxylation sites is 1. The first-order valence-corrected chi connectivity index (χ1v) is 11.6. The van der Waals surface area contributed by atoms with Crippen LogP contribution in [0.25, 0.3) is 0 Å². The molecule has 0 atom stereocenters. The van der Waals surface area contributed by atoms with Crippen molar-refractivity contribution in [1.82, 2.24) is 5.32 Å². The van der Waals surface area contributed by atoms with Crippen LogP contribution in [0.1, 0.15) is 0 Å². The van der Waals surface area contributed by atoms with Crippen molar-refractivity contribution in [3.63, 3.8) is 0 Å². The van der Waals surface area contributed by atoms with Gasteiger partial charge in [0.2, 0.25) is 5.91 Å². The van der Waals surface area contributed by atoms with Crippen molar-refractivity contribution in [3.05, 3.63) is 90.0 Å². The lowest BCUT2D eigenvalue weighted by atomic mass is 10.3. The van der Waals surface area contributed by atoms with Crippen LogP contribution in [0.4, 0.5) is 11.4 Å². The number of amides is 1. The van der Waals surface area contributed by atoms with E-state index in [4.69, 9.17) is 11.6 Å². The van der Waals surface area contributed by atoms with Gasteiger partial charge in [-0.05, 0) is 48.5 Å². The summed E-state index contributed by atoms with van der Waals surface area (Å²) in [5.41, 5.74) is 1.40. The topological polar surface area (TPSA) is 69.7 Å². The van der Waals surface area contributed by atoms with Gasteiger partial charge in [0.1, 0.15) is 6.54 Å². The lowest BCUT2D eigenvalue weighted by molar-refractivity contribution is -0.119. The van der Waals surface area contributed by atoms with E-state index in [1.54, 1.807) is 42.5 Å². The average Bonchev–Trinajstić information content (AvgIpc) is 2.79. The molecule has 3 aromatic rings. The van der Waals surface area contributed by atoms with Gasteiger partial charge in [0.15, 0.2) is 0 Å². The van der Waals surface area contributed by atoms with Crippen molar-refractivity contribution in [3.8, 4) is 0 Å². The molecule has 31 heavy (non-hydrogen) atoms. The normalized spacial score (nSPS) is 11.0. The summed E-state index contributed by atoms with van der Waals surface area (Å²) in [6.45, 7) is 0.625. The Balaban J connectivity index is 1.71. The number of rotatable bonds is 9. The Labute approximate surface area is 188 Å². The van der Waals surface area contributed by atoms with E-state index in [0.717, 1.165) is 9.99 Å². The Kier molecular flexibility index (Phi) is 7.55. The zero-order chi connectivity index (χ0) is 22.3. The molecule has 1 N–H and O–H groups in total. The second kappa shape index (κ2) is 10.3. The van der Waals surface area contributed by atoms with E-state index in [-0.39, 0.29) is 11.4 Å². The maximum absolute atomic E-state index is 13.2. The maximum atomic E-state index is 13.2. The summed E-state index contributed by atoms with van der Waals surface area (Å²) in [6, 6.07) is 24.2. The van der Waals surface area contributed by atoms with E-state index in [1.165, 1.54) is 12.1 Å². The molecule has 0 saturated heterocycles. The largest absolute Gasteiger partial charge is 0.373 e. The molecular formula is C23H24ClN3O3S.